The SMILES string of the molecule is C[C@@H]1OC(c2ccco2)=C[C@H](OCc2ccccc2)[C@H]1OCc1ccccc1. The van der Waals surface area contributed by atoms with Gasteiger partial charge in [0, 0.05) is 0 Å². The van der Waals surface area contributed by atoms with E-state index in [9.17, 15) is 0 Å². The molecule has 3 atom stereocenters. The fourth-order valence-electron chi connectivity index (χ4n) is 3.28. The summed E-state index contributed by atoms with van der Waals surface area (Å²) in [6, 6.07) is 24.0. The second kappa shape index (κ2) is 8.91. The standard InChI is InChI=1S/C24H24O4/c1-18-24(27-17-20-11-6-3-7-12-20)23(26-16-19-9-4-2-5-10-19)15-22(28-18)21-13-8-14-25-21/h2-15,18,23-24H,16-17H2,1H3/t18-,23-,24-/m0/s1. The molecule has 0 saturated carbocycles. The number of benzene rings is 2. The van der Waals surface area contributed by atoms with Crippen molar-refractivity contribution in [2.24, 2.45) is 0 Å². The highest BCUT2D eigenvalue weighted by molar-refractivity contribution is 5.56. The predicted molar refractivity (Wildman–Crippen MR) is 107 cm³/mol. The van der Waals surface area contributed by atoms with Crippen molar-refractivity contribution in [2.45, 2.75) is 38.4 Å². The van der Waals surface area contributed by atoms with E-state index >= 15 is 0 Å². The van der Waals surface area contributed by atoms with Crippen molar-refractivity contribution in [1.82, 2.24) is 0 Å². The Morgan fingerprint density at radius 1 is 0.786 bits per heavy atom. The molecule has 4 nitrogen and oxygen atoms in total. The van der Waals surface area contributed by atoms with Crippen LogP contribution in [0.25, 0.3) is 5.76 Å². The fourth-order valence-corrected chi connectivity index (χ4v) is 3.28. The van der Waals surface area contributed by atoms with Crippen LogP contribution in [0.2, 0.25) is 0 Å². The van der Waals surface area contributed by atoms with E-state index in [2.05, 4.69) is 24.3 Å². The van der Waals surface area contributed by atoms with Crippen LogP contribution in [-0.4, -0.2) is 18.3 Å². The second-order valence-electron chi connectivity index (χ2n) is 6.85. The number of ether oxygens (including phenoxy) is 3. The summed E-state index contributed by atoms with van der Waals surface area (Å²) in [5, 5.41) is 0. The lowest BCUT2D eigenvalue weighted by atomic mass is 10.0. The molecule has 0 N–H and O–H groups in total. The zero-order chi connectivity index (χ0) is 19.2. The molecule has 28 heavy (non-hydrogen) atoms. The zero-order valence-electron chi connectivity index (χ0n) is 15.9. The van der Waals surface area contributed by atoms with Gasteiger partial charge in [-0.05, 0) is 36.3 Å². The van der Waals surface area contributed by atoms with Gasteiger partial charge in [0.1, 0.15) is 18.3 Å². The van der Waals surface area contributed by atoms with Gasteiger partial charge in [-0.2, -0.15) is 0 Å². The van der Waals surface area contributed by atoms with Crippen molar-refractivity contribution in [1.29, 1.82) is 0 Å². The number of hydrogen-bond acceptors (Lipinski definition) is 4. The maximum atomic E-state index is 6.25. The molecule has 0 unspecified atom stereocenters. The smallest absolute Gasteiger partial charge is 0.168 e. The Morgan fingerprint density at radius 3 is 2.04 bits per heavy atom. The van der Waals surface area contributed by atoms with Gasteiger partial charge in [-0.1, -0.05) is 60.7 Å². The molecular formula is C24H24O4. The molecule has 0 bridgehead atoms. The van der Waals surface area contributed by atoms with Crippen molar-refractivity contribution in [3.05, 3.63) is 102 Å². The average Bonchev–Trinajstić information content (AvgIpc) is 3.28. The Bertz CT molecular complexity index is 871. The van der Waals surface area contributed by atoms with Crippen molar-refractivity contribution >= 4 is 5.76 Å². The molecule has 1 aliphatic heterocycles. The van der Waals surface area contributed by atoms with E-state index < -0.39 is 0 Å². The third-order valence-corrected chi connectivity index (χ3v) is 4.75. The zero-order valence-corrected chi connectivity index (χ0v) is 15.9. The molecule has 0 fully saturated rings. The molecule has 2 heterocycles. The van der Waals surface area contributed by atoms with E-state index in [1.807, 2.05) is 61.5 Å². The van der Waals surface area contributed by atoms with Crippen molar-refractivity contribution in [3.8, 4) is 0 Å². The normalized spacial score (nSPS) is 21.8. The summed E-state index contributed by atoms with van der Waals surface area (Å²) in [5.41, 5.74) is 2.24. The molecular weight excluding hydrogens is 352 g/mol. The molecule has 1 aromatic heterocycles. The Hall–Kier alpha value is -2.82. The molecule has 144 valence electrons. The van der Waals surface area contributed by atoms with E-state index in [0.717, 1.165) is 11.1 Å². The minimum absolute atomic E-state index is 0.172. The molecule has 0 radical (unpaired) electrons. The van der Waals surface area contributed by atoms with Crippen LogP contribution in [-0.2, 0) is 27.4 Å². The number of rotatable bonds is 7. The molecule has 3 aromatic rings. The van der Waals surface area contributed by atoms with Gasteiger partial charge in [0.05, 0.1) is 19.5 Å². The quantitative estimate of drug-likeness (QED) is 0.568. The maximum Gasteiger partial charge on any atom is 0.168 e. The molecule has 4 heteroatoms. The van der Waals surface area contributed by atoms with Gasteiger partial charge in [0.15, 0.2) is 11.5 Å². The van der Waals surface area contributed by atoms with Gasteiger partial charge >= 0.3 is 0 Å². The first-order valence-electron chi connectivity index (χ1n) is 9.53. The third-order valence-electron chi connectivity index (χ3n) is 4.75. The summed E-state index contributed by atoms with van der Waals surface area (Å²) >= 11 is 0. The van der Waals surface area contributed by atoms with Gasteiger partial charge in [0.2, 0.25) is 0 Å². The Labute approximate surface area is 165 Å². The Balaban J connectivity index is 1.51. The maximum absolute atomic E-state index is 6.25. The summed E-state index contributed by atoms with van der Waals surface area (Å²) in [5.74, 6) is 1.39. The van der Waals surface area contributed by atoms with Crippen LogP contribution in [0.3, 0.4) is 0 Å². The van der Waals surface area contributed by atoms with Crippen LogP contribution in [0.15, 0.2) is 89.6 Å². The van der Waals surface area contributed by atoms with Crippen molar-refractivity contribution < 1.29 is 18.6 Å². The fraction of sp³-hybridized carbons (Fsp3) is 0.250. The molecule has 2 aromatic carbocycles. The van der Waals surface area contributed by atoms with Gasteiger partial charge in [0.25, 0.3) is 0 Å². The highest BCUT2D eigenvalue weighted by Crippen LogP contribution is 2.30. The molecule has 0 aliphatic carbocycles. The molecule has 1 aliphatic rings. The van der Waals surface area contributed by atoms with Gasteiger partial charge in [-0.15, -0.1) is 0 Å². The van der Waals surface area contributed by atoms with E-state index in [4.69, 9.17) is 18.6 Å². The van der Waals surface area contributed by atoms with Gasteiger partial charge in [-0.25, -0.2) is 0 Å². The minimum Gasteiger partial charge on any atom is -0.484 e. The number of furan rings is 1. The lowest BCUT2D eigenvalue weighted by molar-refractivity contribution is -0.120. The topological polar surface area (TPSA) is 40.8 Å². The van der Waals surface area contributed by atoms with Crippen LogP contribution in [0.1, 0.15) is 23.8 Å². The van der Waals surface area contributed by atoms with Gasteiger partial charge in [-0.3, -0.25) is 0 Å². The number of hydrogen-bond donors (Lipinski definition) is 0. The molecule has 0 spiro atoms. The summed E-state index contributed by atoms with van der Waals surface area (Å²) in [4.78, 5) is 0. The van der Waals surface area contributed by atoms with E-state index in [-0.39, 0.29) is 18.3 Å². The lowest BCUT2D eigenvalue weighted by Gasteiger charge is -2.35. The second-order valence-corrected chi connectivity index (χ2v) is 6.85. The van der Waals surface area contributed by atoms with Crippen LogP contribution in [0.5, 0.6) is 0 Å². The van der Waals surface area contributed by atoms with Gasteiger partial charge < -0.3 is 18.6 Å². The first-order chi connectivity index (χ1) is 13.8. The largest absolute Gasteiger partial charge is 0.484 e. The summed E-state index contributed by atoms with van der Waals surface area (Å²) in [7, 11) is 0. The first kappa shape index (κ1) is 18.5. The van der Waals surface area contributed by atoms with Crippen LogP contribution in [0.4, 0.5) is 0 Å². The van der Waals surface area contributed by atoms with Crippen LogP contribution >= 0.6 is 0 Å². The first-order valence-corrected chi connectivity index (χ1v) is 9.53. The van der Waals surface area contributed by atoms with Crippen molar-refractivity contribution in [2.75, 3.05) is 0 Å². The average molecular weight is 376 g/mol. The predicted octanol–water partition coefficient (Wildman–Crippen LogP) is 5.21. The van der Waals surface area contributed by atoms with Crippen LogP contribution < -0.4 is 0 Å². The van der Waals surface area contributed by atoms with E-state index in [1.54, 1.807) is 6.26 Å². The monoisotopic (exact) mass is 376 g/mol. The summed E-state index contributed by atoms with van der Waals surface area (Å²) in [6.07, 6.45) is 2.96. The molecule has 4 rings (SSSR count). The molecule has 0 saturated heterocycles. The Morgan fingerprint density at radius 2 is 1.43 bits per heavy atom. The molecule has 0 amide bonds. The van der Waals surface area contributed by atoms with Crippen LogP contribution in [0, 0.1) is 0 Å². The minimum atomic E-state index is -0.243. The summed E-state index contributed by atoms with van der Waals surface area (Å²) < 4.78 is 24.1. The van der Waals surface area contributed by atoms with Crippen molar-refractivity contribution in [3.63, 3.8) is 0 Å². The third kappa shape index (κ3) is 4.53. The van der Waals surface area contributed by atoms with E-state index in [1.165, 1.54) is 0 Å². The lowest BCUT2D eigenvalue weighted by Crippen LogP contribution is -2.43. The highest BCUT2D eigenvalue weighted by atomic mass is 16.6. The Kier molecular flexibility index (Phi) is 5.90. The highest BCUT2D eigenvalue weighted by Gasteiger charge is 2.35. The van der Waals surface area contributed by atoms with E-state index in [0.29, 0.717) is 24.7 Å². The summed E-state index contributed by atoms with van der Waals surface area (Å²) in [6.45, 7) is 3.02.